The molecule has 0 radical (unpaired) electrons. The van der Waals surface area contributed by atoms with Gasteiger partial charge in [-0.2, -0.15) is 0 Å². The number of aliphatic hydroxyl groups is 1. The highest BCUT2D eigenvalue weighted by Crippen LogP contribution is 2.21. The molecule has 0 saturated carbocycles. The minimum atomic E-state index is -0.411. The van der Waals surface area contributed by atoms with Crippen LogP contribution in [0.2, 0.25) is 0 Å². The van der Waals surface area contributed by atoms with Crippen molar-refractivity contribution in [1.29, 1.82) is 0 Å². The number of carbonyl (C=O) groups excluding carboxylic acids is 1. The Morgan fingerprint density at radius 3 is 2.79 bits per heavy atom. The molecular weight excluding hydrogens is 308 g/mol. The van der Waals surface area contributed by atoms with E-state index in [9.17, 15) is 9.90 Å². The van der Waals surface area contributed by atoms with E-state index in [1.54, 1.807) is 6.07 Å². The second-order valence-electron chi connectivity index (χ2n) is 6.00. The minimum absolute atomic E-state index is 0.245. The number of nitrogens with one attached hydrogen (secondary N) is 1. The Morgan fingerprint density at radius 2 is 2.04 bits per heavy atom. The zero-order valence-electron chi connectivity index (χ0n) is 13.5. The second-order valence-corrected chi connectivity index (χ2v) is 6.00. The summed E-state index contributed by atoms with van der Waals surface area (Å²) in [6, 6.07) is 11.1. The summed E-state index contributed by atoms with van der Waals surface area (Å²) in [6.45, 7) is 1.81. The monoisotopic (exact) mass is 330 g/mol. The maximum absolute atomic E-state index is 12.1. The largest absolute Gasteiger partial charge is 0.393 e. The lowest BCUT2D eigenvalue weighted by atomic mass is 9.92. The molecule has 1 atom stereocenters. The summed E-state index contributed by atoms with van der Waals surface area (Å²) in [4.78, 5) is 12.1. The summed E-state index contributed by atoms with van der Waals surface area (Å²) in [6.07, 6.45) is 1.86. The van der Waals surface area contributed by atoms with Crippen molar-refractivity contribution in [3.8, 4) is 11.3 Å². The highest BCUT2D eigenvalue weighted by atomic mass is 16.5. The van der Waals surface area contributed by atoms with Gasteiger partial charge in [0.2, 0.25) is 0 Å². The first-order chi connectivity index (χ1) is 11.7. The maximum atomic E-state index is 12.1. The predicted octanol–water partition coefficient (Wildman–Crippen LogP) is 2.25. The van der Waals surface area contributed by atoms with Gasteiger partial charge < -0.3 is 19.7 Å². The first kappa shape index (κ1) is 16.7. The average Bonchev–Trinajstić information content (AvgIpc) is 3.13. The summed E-state index contributed by atoms with van der Waals surface area (Å²) in [7, 11) is 0. The van der Waals surface area contributed by atoms with E-state index in [4.69, 9.17) is 9.26 Å². The van der Waals surface area contributed by atoms with E-state index in [1.807, 2.05) is 30.3 Å². The average molecular weight is 330 g/mol. The van der Waals surface area contributed by atoms with Crippen molar-refractivity contribution in [2.75, 3.05) is 19.8 Å². The zero-order chi connectivity index (χ0) is 16.8. The first-order valence-corrected chi connectivity index (χ1v) is 8.30. The van der Waals surface area contributed by atoms with Crippen LogP contribution in [0.4, 0.5) is 0 Å². The third kappa shape index (κ3) is 4.21. The molecule has 1 fully saturated rings. The van der Waals surface area contributed by atoms with Crippen molar-refractivity contribution in [2.45, 2.75) is 25.4 Å². The van der Waals surface area contributed by atoms with Crippen molar-refractivity contribution in [3.63, 3.8) is 0 Å². The summed E-state index contributed by atoms with van der Waals surface area (Å²) in [5.74, 6) is 0.524. The van der Waals surface area contributed by atoms with Crippen LogP contribution in [0.1, 0.15) is 29.8 Å². The van der Waals surface area contributed by atoms with Gasteiger partial charge in [0.25, 0.3) is 5.91 Å². The maximum Gasteiger partial charge on any atom is 0.273 e. The number of ether oxygens (including phenoxy) is 1. The Morgan fingerprint density at radius 1 is 1.29 bits per heavy atom. The van der Waals surface area contributed by atoms with E-state index in [-0.39, 0.29) is 17.5 Å². The molecular formula is C18H22N2O4. The second kappa shape index (κ2) is 8.08. The quantitative estimate of drug-likeness (QED) is 0.848. The number of aliphatic hydroxyl groups excluding tert-OH is 1. The SMILES string of the molecule is O=C(NCC[C@H](O)C1CCOCC1)c1cc(-c2ccccc2)on1. The molecule has 24 heavy (non-hydrogen) atoms. The van der Waals surface area contributed by atoms with E-state index in [0.29, 0.717) is 31.9 Å². The molecule has 6 nitrogen and oxygen atoms in total. The number of carbonyl (C=O) groups is 1. The van der Waals surface area contributed by atoms with Crippen molar-refractivity contribution >= 4 is 5.91 Å². The molecule has 2 aromatic rings. The molecule has 1 aliphatic heterocycles. The molecule has 1 aliphatic rings. The molecule has 0 unspecified atom stereocenters. The van der Waals surface area contributed by atoms with Gasteiger partial charge in [0, 0.05) is 31.4 Å². The van der Waals surface area contributed by atoms with E-state index in [2.05, 4.69) is 10.5 Å². The number of nitrogens with zero attached hydrogens (tertiary/aromatic N) is 1. The van der Waals surface area contributed by atoms with Gasteiger partial charge in [-0.15, -0.1) is 0 Å². The molecule has 0 spiro atoms. The third-order valence-corrected chi connectivity index (χ3v) is 4.34. The van der Waals surface area contributed by atoms with Gasteiger partial charge in [-0.05, 0) is 25.2 Å². The van der Waals surface area contributed by atoms with Crippen molar-refractivity contribution in [1.82, 2.24) is 10.5 Å². The highest BCUT2D eigenvalue weighted by Gasteiger charge is 2.22. The molecule has 6 heteroatoms. The van der Waals surface area contributed by atoms with E-state index >= 15 is 0 Å². The van der Waals surface area contributed by atoms with Crippen LogP contribution >= 0.6 is 0 Å². The summed E-state index contributed by atoms with van der Waals surface area (Å²) in [5.41, 5.74) is 1.12. The van der Waals surface area contributed by atoms with Crippen LogP contribution in [-0.4, -0.2) is 42.0 Å². The smallest absolute Gasteiger partial charge is 0.273 e. The third-order valence-electron chi connectivity index (χ3n) is 4.34. The molecule has 0 bridgehead atoms. The normalized spacial score (nSPS) is 16.7. The fourth-order valence-electron chi connectivity index (χ4n) is 2.88. The van der Waals surface area contributed by atoms with Crippen molar-refractivity contribution in [2.24, 2.45) is 5.92 Å². The predicted molar refractivity (Wildman–Crippen MR) is 88.4 cm³/mol. The Bertz CT molecular complexity index is 650. The Hall–Kier alpha value is -2.18. The Kier molecular flexibility index (Phi) is 5.61. The summed E-state index contributed by atoms with van der Waals surface area (Å²) >= 11 is 0. The van der Waals surface area contributed by atoms with Gasteiger partial charge in [0.1, 0.15) is 0 Å². The molecule has 1 aromatic heterocycles. The lowest BCUT2D eigenvalue weighted by Gasteiger charge is -2.26. The van der Waals surface area contributed by atoms with E-state index in [1.165, 1.54) is 0 Å². The standard InChI is InChI=1S/C18H22N2O4/c21-16(13-7-10-23-11-8-13)6-9-19-18(22)15-12-17(24-20-15)14-4-2-1-3-5-14/h1-5,12-13,16,21H,6-11H2,(H,19,22)/t16-/m0/s1. The van der Waals surface area contributed by atoms with Crippen LogP contribution in [-0.2, 0) is 4.74 Å². The number of hydrogen-bond donors (Lipinski definition) is 2. The number of benzene rings is 1. The number of aromatic nitrogens is 1. The highest BCUT2D eigenvalue weighted by molar-refractivity contribution is 5.93. The molecule has 1 amide bonds. The van der Waals surface area contributed by atoms with Gasteiger partial charge in [-0.3, -0.25) is 4.79 Å². The molecule has 0 aliphatic carbocycles. The molecule has 3 rings (SSSR count). The molecule has 1 saturated heterocycles. The van der Waals surface area contributed by atoms with Gasteiger partial charge in [-0.25, -0.2) is 0 Å². The van der Waals surface area contributed by atoms with Gasteiger partial charge >= 0.3 is 0 Å². The number of hydrogen-bond acceptors (Lipinski definition) is 5. The Balaban J connectivity index is 1.48. The molecule has 2 N–H and O–H groups in total. The van der Waals surface area contributed by atoms with Crippen LogP contribution in [0.3, 0.4) is 0 Å². The lowest BCUT2D eigenvalue weighted by molar-refractivity contribution is 0.00527. The summed E-state index contributed by atoms with van der Waals surface area (Å²) in [5, 5.41) is 16.8. The van der Waals surface area contributed by atoms with Crippen LogP contribution in [0.15, 0.2) is 40.9 Å². The summed E-state index contributed by atoms with van der Waals surface area (Å²) < 4.78 is 10.5. The van der Waals surface area contributed by atoms with Crippen molar-refractivity contribution in [3.05, 3.63) is 42.1 Å². The minimum Gasteiger partial charge on any atom is -0.393 e. The van der Waals surface area contributed by atoms with Crippen LogP contribution in [0, 0.1) is 5.92 Å². The van der Waals surface area contributed by atoms with Crippen LogP contribution in [0.25, 0.3) is 11.3 Å². The van der Waals surface area contributed by atoms with Crippen molar-refractivity contribution < 1.29 is 19.2 Å². The first-order valence-electron chi connectivity index (χ1n) is 8.30. The van der Waals surface area contributed by atoms with Gasteiger partial charge in [-0.1, -0.05) is 35.5 Å². The van der Waals surface area contributed by atoms with Gasteiger partial charge in [0.15, 0.2) is 11.5 Å². The lowest BCUT2D eigenvalue weighted by Crippen LogP contribution is -2.32. The fourth-order valence-corrected chi connectivity index (χ4v) is 2.88. The van der Waals surface area contributed by atoms with Crippen LogP contribution < -0.4 is 5.32 Å². The Labute approximate surface area is 140 Å². The topological polar surface area (TPSA) is 84.6 Å². The fraction of sp³-hybridized carbons (Fsp3) is 0.444. The molecule has 2 heterocycles. The van der Waals surface area contributed by atoms with E-state index in [0.717, 1.165) is 18.4 Å². The van der Waals surface area contributed by atoms with Crippen LogP contribution in [0.5, 0.6) is 0 Å². The molecule has 128 valence electrons. The molecule has 1 aromatic carbocycles. The van der Waals surface area contributed by atoms with Gasteiger partial charge in [0.05, 0.1) is 6.10 Å². The zero-order valence-corrected chi connectivity index (χ0v) is 13.5. The van der Waals surface area contributed by atoms with E-state index < -0.39 is 6.10 Å². The number of rotatable bonds is 6. The number of amides is 1.